The summed E-state index contributed by atoms with van der Waals surface area (Å²) >= 11 is 0. The fraction of sp³-hybridized carbons (Fsp3) is 0.654. The molecule has 0 spiro atoms. The molecule has 4 aromatic carbocycles. The van der Waals surface area contributed by atoms with Gasteiger partial charge in [-0.05, 0) is 306 Å². The van der Waals surface area contributed by atoms with Gasteiger partial charge in [0.05, 0.1) is 26.4 Å². The van der Waals surface area contributed by atoms with Crippen LogP contribution in [0.3, 0.4) is 0 Å². The number of hydrogen-bond donors (Lipinski definition) is 8. The van der Waals surface area contributed by atoms with Crippen LogP contribution in [-0.2, 0) is 85.2 Å². The summed E-state index contributed by atoms with van der Waals surface area (Å²) in [4.78, 5) is 125. The second-order valence-electron chi connectivity index (χ2n) is 46.4. The first-order chi connectivity index (χ1) is 62.1. The molecule has 0 radical (unpaired) electrons. The van der Waals surface area contributed by atoms with Gasteiger partial charge in [-0.25, -0.2) is 38.4 Å². The average molecular weight is 1900 g/mol. The number of alkyl carbamates (subject to hydrolysis) is 8. The molecule has 0 aliphatic heterocycles. The number of nitrogens with zero attached hydrogens (tertiary/aromatic N) is 4. The molecule has 0 atom stereocenters. The molecule has 4 aromatic rings. The topological polar surface area (TPSA) is 393 Å². The van der Waals surface area contributed by atoms with E-state index >= 15 is 0 Å². The van der Waals surface area contributed by atoms with E-state index in [0.29, 0.717) is 100 Å². The zero-order chi connectivity index (χ0) is 103. The molecule has 1 aliphatic carbocycles. The van der Waals surface area contributed by atoms with Crippen molar-refractivity contribution in [3.05, 3.63) is 115 Å². The zero-order valence-corrected chi connectivity index (χ0v) is 88.7. The van der Waals surface area contributed by atoms with E-state index in [4.69, 9.17) is 56.8 Å². The number of aliphatic imine (C=N–C) groups is 4. The molecule has 0 saturated carbocycles. The normalized spacial score (nSPS) is 12.9. The molecular formula is C104H164N12O20. The number of ether oxygens (including phenoxy) is 12. The Bertz CT molecular complexity index is 4060. The van der Waals surface area contributed by atoms with Crippen LogP contribution in [0.4, 0.5) is 38.4 Å². The molecule has 0 aromatic heterocycles. The number of benzene rings is 4. The standard InChI is InChI=1S/C104H164N12O20/c1-93(2,3)73-57-65-53-67-59-74(94(4,5)6)61-69(78(67)126-50-42-38-46-106-82(111-87(119)131-99(19,20)21)112-88(120)132-100(22,23)24)55-71-63-76(96(10,11)12)64-72(80(71)128-52-44-40-48-108-84(115-91(123)135-103(31,32)33)116-92(124)136-104(34,35)36)56-70-62-75(95(7,8)9)60-68(79(70)127-51-43-39-47-107-83(113-89(121)133-101(25,26)27)114-90(122)134-102(28,29)30)54-66(58-73)77(65)125-49-41-37-45-105-81(109-85(117)129-97(13,14)15)110-86(118)130-98(16,17)18/h57-64H,37-56H2,1-36H3,(H2,105,109,110,117,118)(H2,106,111,112,119,120)(H2,107,113,114,121,122)(H2,108,115,116,123,124). The molecule has 1 aliphatic rings. The van der Waals surface area contributed by atoms with Crippen molar-refractivity contribution in [3.8, 4) is 23.0 Å². The minimum absolute atomic E-state index is 0.146. The van der Waals surface area contributed by atoms with E-state index in [9.17, 15) is 38.4 Å². The number of nitrogens with one attached hydrogen (secondary N) is 8. The summed E-state index contributed by atoms with van der Waals surface area (Å²) < 4.78 is 74.3. The van der Waals surface area contributed by atoms with Crippen LogP contribution in [0.5, 0.6) is 23.0 Å². The molecule has 0 heterocycles. The first-order valence-corrected chi connectivity index (χ1v) is 47.5. The van der Waals surface area contributed by atoms with E-state index in [0.717, 1.165) is 66.8 Å². The molecular weight excluding hydrogens is 1740 g/mol. The Morgan fingerprint density at radius 2 is 0.338 bits per heavy atom. The molecule has 8 N–H and O–H groups in total. The molecule has 8 amide bonds. The van der Waals surface area contributed by atoms with E-state index in [1.54, 1.807) is 166 Å². The van der Waals surface area contributed by atoms with Crippen LogP contribution in [0, 0.1) is 0 Å². The predicted octanol–water partition coefficient (Wildman–Crippen LogP) is 21.8. The van der Waals surface area contributed by atoms with E-state index < -0.39 is 115 Å². The lowest BCUT2D eigenvalue weighted by molar-refractivity contribution is 0.0521. The SMILES string of the molecule is CC(C)(C)OC(=O)NC(=NCCCCOc1c2cc(C(C)(C)C)cc1Cc1cc(C(C)(C)C)cc(c1OCCCCN=C(NC(=O)OC(C)(C)C)NC(=O)OC(C)(C)C)Cc1cc(C(C)(C)C)cc(c1OCCCCN=C(NC(=O)OC(C)(C)C)NC(=O)OC(C)(C)C)Cc1cc(C(C)(C)C)cc(c1OCCCCN=C(NC(=O)OC(C)(C)C)NC(=O)OC(C)(C)C)C2)NC(=O)OC(C)(C)C. The van der Waals surface area contributed by atoms with Crippen molar-refractivity contribution in [1.82, 2.24) is 42.5 Å². The number of rotatable bonds is 24. The molecule has 0 saturated heterocycles. The number of amides is 8. The van der Waals surface area contributed by atoms with Gasteiger partial charge in [-0.1, -0.05) is 132 Å². The van der Waals surface area contributed by atoms with Crippen LogP contribution in [0.1, 0.15) is 367 Å². The van der Waals surface area contributed by atoms with Crippen molar-refractivity contribution >= 4 is 72.6 Å². The quantitative estimate of drug-likeness (QED) is 0.0123. The minimum Gasteiger partial charge on any atom is -0.493 e. The summed E-state index contributed by atoms with van der Waals surface area (Å²) in [6, 6.07) is 17.9. The highest BCUT2D eigenvalue weighted by Crippen LogP contribution is 2.45. The van der Waals surface area contributed by atoms with Crippen LogP contribution in [0.15, 0.2) is 68.5 Å². The highest BCUT2D eigenvalue weighted by atomic mass is 16.6. The van der Waals surface area contributed by atoms with Gasteiger partial charge in [-0.15, -0.1) is 0 Å². The van der Waals surface area contributed by atoms with Gasteiger partial charge in [0.25, 0.3) is 0 Å². The Kier molecular flexibility index (Phi) is 41.0. The summed E-state index contributed by atoms with van der Waals surface area (Å²) in [6.45, 7) is 69.2. The predicted molar refractivity (Wildman–Crippen MR) is 535 cm³/mol. The van der Waals surface area contributed by atoms with Gasteiger partial charge >= 0.3 is 48.7 Å². The molecule has 0 unspecified atom stereocenters. The van der Waals surface area contributed by atoms with Crippen molar-refractivity contribution in [3.63, 3.8) is 0 Å². The van der Waals surface area contributed by atoms with Gasteiger partial charge in [-0.3, -0.25) is 62.5 Å². The summed E-state index contributed by atoms with van der Waals surface area (Å²) in [5.74, 6) is 1.97. The van der Waals surface area contributed by atoms with E-state index in [-0.39, 0.29) is 76.4 Å². The minimum atomic E-state index is -0.861. The number of carbonyl (C=O) groups is 8. The summed E-state index contributed by atoms with van der Waals surface area (Å²) in [5.41, 5.74) is 2.43. The van der Waals surface area contributed by atoms with Crippen molar-refractivity contribution in [2.24, 2.45) is 20.0 Å². The van der Waals surface area contributed by atoms with Gasteiger partial charge in [-0.2, -0.15) is 0 Å². The smallest absolute Gasteiger partial charge is 0.414 e. The Labute approximate surface area is 809 Å². The van der Waals surface area contributed by atoms with Gasteiger partial charge in [0.15, 0.2) is 0 Å². The number of hydrogen-bond acceptors (Lipinski definition) is 24. The lowest BCUT2D eigenvalue weighted by Gasteiger charge is -2.29. The molecule has 32 heteroatoms. The Hall–Kier alpha value is -11.1. The fourth-order valence-corrected chi connectivity index (χ4v) is 13.3. The Morgan fingerprint density at radius 3 is 0.449 bits per heavy atom. The summed E-state index contributed by atoms with van der Waals surface area (Å²) in [7, 11) is 0. The third kappa shape index (κ3) is 45.3. The van der Waals surface area contributed by atoms with Gasteiger partial charge in [0.1, 0.15) is 67.8 Å². The Balaban J connectivity index is 1.92. The van der Waals surface area contributed by atoms with Gasteiger partial charge in [0.2, 0.25) is 23.8 Å². The second-order valence-corrected chi connectivity index (χ2v) is 46.4. The second kappa shape index (κ2) is 48.3. The van der Waals surface area contributed by atoms with Gasteiger partial charge < -0.3 is 56.8 Å². The molecule has 0 fully saturated rings. The average Bonchev–Trinajstić information content (AvgIpc) is 0.757. The first kappa shape index (κ1) is 115. The van der Waals surface area contributed by atoms with E-state index in [1.807, 2.05) is 0 Å². The Morgan fingerprint density at radius 1 is 0.213 bits per heavy atom. The molecule has 5 rings (SSSR count). The fourth-order valence-electron chi connectivity index (χ4n) is 13.3. The monoisotopic (exact) mass is 1900 g/mol. The van der Waals surface area contributed by atoms with Crippen LogP contribution in [0.2, 0.25) is 0 Å². The molecule has 8 bridgehead atoms. The summed E-state index contributed by atoms with van der Waals surface area (Å²) in [5, 5.41) is 20.8. The van der Waals surface area contributed by atoms with E-state index in [2.05, 4.69) is 194 Å². The third-order valence-corrected chi connectivity index (χ3v) is 19.2. The lowest BCUT2D eigenvalue weighted by atomic mass is 9.79. The van der Waals surface area contributed by atoms with Gasteiger partial charge in [0, 0.05) is 51.9 Å². The largest absolute Gasteiger partial charge is 0.493 e. The van der Waals surface area contributed by atoms with Crippen molar-refractivity contribution in [2.75, 3.05) is 52.6 Å². The van der Waals surface area contributed by atoms with Crippen LogP contribution in [0.25, 0.3) is 0 Å². The number of fused-ring (bicyclic) bond motifs is 8. The maximum atomic E-state index is 13.3. The zero-order valence-electron chi connectivity index (χ0n) is 88.7. The molecule has 760 valence electrons. The number of unbranched alkanes of at least 4 members (excludes halogenated alkanes) is 4. The van der Waals surface area contributed by atoms with Crippen LogP contribution in [-0.4, -0.2) is 170 Å². The number of guanidine groups is 4. The van der Waals surface area contributed by atoms with Crippen molar-refractivity contribution in [2.45, 2.75) is 393 Å². The molecule has 32 nitrogen and oxygen atoms in total. The van der Waals surface area contributed by atoms with Crippen molar-refractivity contribution in [1.29, 1.82) is 0 Å². The third-order valence-electron chi connectivity index (χ3n) is 19.2. The van der Waals surface area contributed by atoms with Crippen LogP contribution < -0.4 is 61.5 Å². The lowest BCUT2D eigenvalue weighted by Crippen LogP contribution is -2.47. The highest BCUT2D eigenvalue weighted by molar-refractivity contribution is 6.03. The summed E-state index contributed by atoms with van der Waals surface area (Å²) in [6.07, 6.45) is -1.80. The van der Waals surface area contributed by atoms with E-state index in [1.165, 1.54) is 0 Å². The maximum Gasteiger partial charge on any atom is 0.414 e. The van der Waals surface area contributed by atoms with Crippen LogP contribution >= 0.6 is 0 Å². The highest BCUT2D eigenvalue weighted by Gasteiger charge is 2.34. The maximum absolute atomic E-state index is 13.3. The molecule has 136 heavy (non-hydrogen) atoms. The first-order valence-electron chi connectivity index (χ1n) is 47.5. The number of carbonyl (C=O) groups excluding carboxylic acids is 8. The van der Waals surface area contributed by atoms with Crippen molar-refractivity contribution < 1.29 is 95.2 Å².